The van der Waals surface area contributed by atoms with Gasteiger partial charge >= 0.3 is 0 Å². The molecule has 1 heterocycles. The third-order valence-electron chi connectivity index (χ3n) is 3.86. The van der Waals surface area contributed by atoms with Crippen LogP contribution in [-0.4, -0.2) is 30.3 Å². The van der Waals surface area contributed by atoms with Crippen LogP contribution >= 0.6 is 22.9 Å². The van der Waals surface area contributed by atoms with Gasteiger partial charge in [-0.25, -0.2) is 10.4 Å². The monoisotopic (exact) mass is 432 g/mol. The van der Waals surface area contributed by atoms with E-state index in [1.54, 1.807) is 12.1 Å². The number of nitrogens with one attached hydrogen (secondary N) is 1. The Kier molecular flexibility index (Phi) is 6.90. The lowest BCUT2D eigenvalue weighted by molar-refractivity contribution is -0.120. The number of fused-ring (bicyclic) bond motifs is 1. The molecule has 3 rings (SSSR count). The molecule has 2 aromatic carbocycles. The quantitative estimate of drug-likeness (QED) is 0.413. The van der Waals surface area contributed by atoms with E-state index in [0.717, 1.165) is 15.8 Å². The number of ether oxygens (including phenoxy) is 2. The van der Waals surface area contributed by atoms with Crippen molar-refractivity contribution in [2.24, 2.45) is 5.10 Å². The number of carbonyl (C=O) groups excluding carboxylic acids is 1. The van der Waals surface area contributed by atoms with Crippen molar-refractivity contribution < 1.29 is 14.3 Å². The van der Waals surface area contributed by atoms with E-state index >= 15 is 0 Å². The fraction of sp³-hybridized carbons (Fsp3) is 0.250. The van der Waals surface area contributed by atoms with Crippen molar-refractivity contribution in [3.63, 3.8) is 0 Å². The topological polar surface area (TPSA) is 98.8 Å². The highest BCUT2D eigenvalue weighted by Crippen LogP contribution is 2.36. The molecule has 0 fully saturated rings. The van der Waals surface area contributed by atoms with Crippen molar-refractivity contribution in [3.05, 3.63) is 46.5 Å². The molecule has 1 amide bonds. The second-order valence-corrected chi connectivity index (χ2v) is 7.49. The molecule has 0 unspecified atom stereocenters. The predicted octanol–water partition coefficient (Wildman–Crippen LogP) is 4.02. The number of hydrogen-bond donors (Lipinski definition) is 2. The Morgan fingerprint density at radius 3 is 2.83 bits per heavy atom. The lowest BCUT2D eigenvalue weighted by Gasteiger charge is -2.13. The summed E-state index contributed by atoms with van der Waals surface area (Å²) in [4.78, 5) is 16.4. The molecule has 7 nitrogen and oxygen atoms in total. The Labute approximate surface area is 177 Å². The summed E-state index contributed by atoms with van der Waals surface area (Å²) < 4.78 is 12.1. The zero-order chi connectivity index (χ0) is 20.8. The summed E-state index contributed by atoms with van der Waals surface area (Å²) in [6.07, 6.45) is 1.70. The minimum absolute atomic E-state index is 0.194. The number of anilines is 1. The molecular weight excluding hydrogens is 412 g/mol. The first-order valence-corrected chi connectivity index (χ1v) is 10.3. The van der Waals surface area contributed by atoms with E-state index in [4.69, 9.17) is 26.8 Å². The molecule has 29 heavy (non-hydrogen) atoms. The third-order valence-corrected chi connectivity index (χ3v) is 4.99. The van der Waals surface area contributed by atoms with Crippen LogP contribution in [0.1, 0.15) is 25.0 Å². The smallest absolute Gasteiger partial charge is 0.244 e. The SMILES string of the molecule is CCOc1cc(/C=N\NC(=O)Cc2ccc3nc(N)sc3c2)cc(Cl)c1OCC. The maximum absolute atomic E-state index is 12.2. The van der Waals surface area contributed by atoms with Gasteiger partial charge in [0.1, 0.15) is 0 Å². The molecule has 0 aliphatic heterocycles. The van der Waals surface area contributed by atoms with Gasteiger partial charge in [0.2, 0.25) is 5.91 Å². The number of halogens is 1. The molecular formula is C20H21ClN4O3S. The van der Waals surface area contributed by atoms with Crippen molar-refractivity contribution >= 4 is 50.4 Å². The fourth-order valence-corrected chi connectivity index (χ4v) is 3.78. The summed E-state index contributed by atoms with van der Waals surface area (Å²) in [5.41, 5.74) is 10.6. The standard InChI is InChI=1S/C20H21ClN4O3S/c1-3-27-16-8-13(7-14(21)19(16)28-4-2)11-23-25-18(26)10-12-5-6-15-17(9-12)29-20(22)24-15/h5-9,11H,3-4,10H2,1-2H3,(H2,22,24)(H,25,26)/b23-11-. The predicted molar refractivity (Wildman–Crippen MR) is 117 cm³/mol. The average molecular weight is 433 g/mol. The molecule has 1 aromatic heterocycles. The molecule has 0 bridgehead atoms. The summed E-state index contributed by atoms with van der Waals surface area (Å²) >= 11 is 7.67. The number of amides is 1. The highest BCUT2D eigenvalue weighted by atomic mass is 35.5. The molecule has 3 N–H and O–H groups in total. The first-order valence-electron chi connectivity index (χ1n) is 9.06. The molecule has 3 aromatic rings. The van der Waals surface area contributed by atoms with Gasteiger partial charge in [0.25, 0.3) is 0 Å². The van der Waals surface area contributed by atoms with E-state index in [2.05, 4.69) is 15.5 Å². The number of benzene rings is 2. The summed E-state index contributed by atoms with van der Waals surface area (Å²) in [5, 5.41) is 4.94. The van der Waals surface area contributed by atoms with Crippen LogP contribution < -0.4 is 20.6 Å². The number of aromatic nitrogens is 1. The van der Waals surface area contributed by atoms with Crippen molar-refractivity contribution in [2.75, 3.05) is 18.9 Å². The van der Waals surface area contributed by atoms with Crippen molar-refractivity contribution in [1.82, 2.24) is 10.4 Å². The van der Waals surface area contributed by atoms with E-state index in [-0.39, 0.29) is 12.3 Å². The number of nitrogens with zero attached hydrogens (tertiary/aromatic N) is 2. The first-order chi connectivity index (χ1) is 14.0. The Morgan fingerprint density at radius 2 is 2.07 bits per heavy atom. The average Bonchev–Trinajstić information content (AvgIpc) is 3.04. The lowest BCUT2D eigenvalue weighted by atomic mass is 10.1. The van der Waals surface area contributed by atoms with E-state index < -0.39 is 0 Å². The van der Waals surface area contributed by atoms with E-state index in [9.17, 15) is 4.79 Å². The normalized spacial score (nSPS) is 11.1. The number of thiazole rings is 1. The van der Waals surface area contributed by atoms with Gasteiger partial charge < -0.3 is 15.2 Å². The molecule has 0 aliphatic carbocycles. The fourth-order valence-electron chi connectivity index (χ4n) is 2.71. The minimum atomic E-state index is -0.236. The Hall–Kier alpha value is -2.84. The van der Waals surface area contributed by atoms with E-state index in [1.807, 2.05) is 32.0 Å². The van der Waals surface area contributed by atoms with Gasteiger partial charge in [-0.3, -0.25) is 4.79 Å². The number of nitrogens with two attached hydrogens (primary N) is 1. The van der Waals surface area contributed by atoms with Crippen molar-refractivity contribution in [1.29, 1.82) is 0 Å². The number of carbonyl (C=O) groups is 1. The number of hydrazone groups is 1. The highest BCUT2D eigenvalue weighted by Gasteiger charge is 2.12. The third kappa shape index (κ3) is 5.36. The molecule has 0 saturated heterocycles. The van der Waals surface area contributed by atoms with Gasteiger partial charge in [0.05, 0.1) is 41.1 Å². The number of hydrogen-bond acceptors (Lipinski definition) is 7. The Balaban J connectivity index is 1.65. The van der Waals surface area contributed by atoms with Gasteiger partial charge in [-0.1, -0.05) is 29.0 Å². The molecule has 0 radical (unpaired) electrons. The van der Waals surface area contributed by atoms with Crippen LogP contribution in [0.2, 0.25) is 5.02 Å². The van der Waals surface area contributed by atoms with Gasteiger partial charge in [-0.15, -0.1) is 0 Å². The Morgan fingerprint density at radius 1 is 1.28 bits per heavy atom. The first kappa shape index (κ1) is 20.9. The van der Waals surface area contributed by atoms with Crippen LogP contribution in [0.5, 0.6) is 11.5 Å². The largest absolute Gasteiger partial charge is 0.490 e. The van der Waals surface area contributed by atoms with Crippen molar-refractivity contribution in [2.45, 2.75) is 20.3 Å². The van der Waals surface area contributed by atoms with Crippen LogP contribution in [0.15, 0.2) is 35.4 Å². The van der Waals surface area contributed by atoms with Gasteiger partial charge in [-0.05, 0) is 49.2 Å². The van der Waals surface area contributed by atoms with Crippen LogP contribution in [0.3, 0.4) is 0 Å². The van der Waals surface area contributed by atoms with Crippen LogP contribution in [0.4, 0.5) is 5.13 Å². The summed E-state index contributed by atoms with van der Waals surface area (Å²) in [6, 6.07) is 9.08. The summed E-state index contributed by atoms with van der Waals surface area (Å²) in [5.74, 6) is 0.795. The number of rotatable bonds is 8. The maximum atomic E-state index is 12.2. The maximum Gasteiger partial charge on any atom is 0.244 e. The summed E-state index contributed by atoms with van der Waals surface area (Å²) in [7, 11) is 0. The van der Waals surface area contributed by atoms with Gasteiger partial charge in [0.15, 0.2) is 16.6 Å². The van der Waals surface area contributed by atoms with Crippen LogP contribution in [-0.2, 0) is 11.2 Å². The lowest BCUT2D eigenvalue weighted by Crippen LogP contribution is -2.19. The van der Waals surface area contributed by atoms with E-state index in [1.165, 1.54) is 17.6 Å². The van der Waals surface area contributed by atoms with Crippen LogP contribution in [0.25, 0.3) is 10.2 Å². The van der Waals surface area contributed by atoms with Crippen LogP contribution in [0, 0.1) is 0 Å². The zero-order valence-electron chi connectivity index (χ0n) is 16.1. The second-order valence-electron chi connectivity index (χ2n) is 6.02. The molecule has 9 heteroatoms. The molecule has 0 aliphatic rings. The second kappa shape index (κ2) is 9.58. The van der Waals surface area contributed by atoms with Crippen molar-refractivity contribution in [3.8, 4) is 11.5 Å². The zero-order valence-corrected chi connectivity index (χ0v) is 17.6. The molecule has 0 atom stereocenters. The Bertz CT molecular complexity index is 1050. The van der Waals surface area contributed by atoms with Gasteiger partial charge in [0, 0.05) is 0 Å². The van der Waals surface area contributed by atoms with Gasteiger partial charge in [-0.2, -0.15) is 5.10 Å². The number of nitrogen functional groups attached to an aromatic ring is 1. The molecule has 0 spiro atoms. The highest BCUT2D eigenvalue weighted by molar-refractivity contribution is 7.22. The molecule has 152 valence electrons. The summed E-state index contributed by atoms with van der Waals surface area (Å²) in [6.45, 7) is 4.70. The molecule has 0 saturated carbocycles. The minimum Gasteiger partial charge on any atom is -0.490 e. The van der Waals surface area contributed by atoms with E-state index in [0.29, 0.717) is 40.4 Å².